The fourth-order valence-electron chi connectivity index (χ4n) is 3.93. The fraction of sp³-hybridized carbons (Fsp3) is 0.455. The van der Waals surface area contributed by atoms with Crippen molar-refractivity contribution in [2.75, 3.05) is 0 Å². The third kappa shape index (κ3) is 3.92. The molecule has 142 valence electrons. The highest BCUT2D eigenvalue weighted by Crippen LogP contribution is 2.32. The van der Waals surface area contributed by atoms with Crippen LogP contribution in [0.4, 0.5) is 0 Å². The van der Waals surface area contributed by atoms with E-state index in [1.807, 2.05) is 30.3 Å². The van der Waals surface area contributed by atoms with Gasteiger partial charge in [-0.1, -0.05) is 30.3 Å². The van der Waals surface area contributed by atoms with Crippen molar-refractivity contribution in [3.63, 3.8) is 0 Å². The quantitative estimate of drug-likeness (QED) is 0.825. The maximum absolute atomic E-state index is 12.8. The molecule has 0 spiro atoms. The highest BCUT2D eigenvalue weighted by molar-refractivity contribution is 6.00. The van der Waals surface area contributed by atoms with Crippen LogP contribution in [0.2, 0.25) is 0 Å². The van der Waals surface area contributed by atoms with Crippen molar-refractivity contribution in [1.29, 1.82) is 0 Å². The molecule has 1 aromatic carbocycles. The van der Waals surface area contributed by atoms with Crippen LogP contribution in [0.25, 0.3) is 0 Å². The number of hydrogen-bond donors (Lipinski definition) is 2. The van der Waals surface area contributed by atoms with Crippen LogP contribution in [-0.4, -0.2) is 22.4 Å². The number of carbonyl (C=O) groups excluding carboxylic acids is 2. The molecule has 0 bridgehead atoms. The first-order valence-corrected chi connectivity index (χ1v) is 9.99. The summed E-state index contributed by atoms with van der Waals surface area (Å²) in [4.78, 5) is 25.6. The molecule has 0 saturated heterocycles. The molecule has 2 N–H and O–H groups in total. The molecular weight excluding hydrogens is 338 g/mol. The molecule has 1 saturated carbocycles. The van der Waals surface area contributed by atoms with Gasteiger partial charge in [0.25, 0.3) is 11.8 Å². The highest BCUT2D eigenvalue weighted by Gasteiger charge is 2.31. The van der Waals surface area contributed by atoms with Crippen molar-refractivity contribution >= 4 is 11.8 Å². The van der Waals surface area contributed by atoms with Gasteiger partial charge in [0.2, 0.25) is 0 Å². The van der Waals surface area contributed by atoms with Gasteiger partial charge in [0.1, 0.15) is 5.69 Å². The summed E-state index contributed by atoms with van der Waals surface area (Å²) in [6, 6.07) is 11.9. The van der Waals surface area contributed by atoms with Crippen LogP contribution < -0.4 is 10.6 Å². The molecule has 2 heterocycles. The molecule has 0 radical (unpaired) electrons. The van der Waals surface area contributed by atoms with Crippen molar-refractivity contribution in [2.45, 2.75) is 58.2 Å². The van der Waals surface area contributed by atoms with E-state index in [9.17, 15) is 9.59 Å². The van der Waals surface area contributed by atoms with Gasteiger partial charge in [-0.05, 0) is 56.6 Å². The number of hydrogen-bond acceptors (Lipinski definition) is 2. The standard InChI is InChI=1S/C22H27N3O2/c1-15(17-10-11-17)24-22(27)20-13-18(19-9-5-6-12-25(19)20)21(26)23-14-16-7-3-2-4-8-16/h2-4,7-8,13,15,17H,5-6,9-12,14H2,1H3,(H,23,26)(H,24,27)/t15-/m1/s1. The minimum absolute atomic E-state index is 0.0559. The molecular formula is C22H27N3O2. The van der Waals surface area contributed by atoms with Gasteiger partial charge in [0.15, 0.2) is 0 Å². The maximum Gasteiger partial charge on any atom is 0.268 e. The van der Waals surface area contributed by atoms with Gasteiger partial charge < -0.3 is 15.2 Å². The zero-order chi connectivity index (χ0) is 18.8. The van der Waals surface area contributed by atoms with Gasteiger partial charge in [-0.15, -0.1) is 0 Å². The smallest absolute Gasteiger partial charge is 0.268 e. The number of aromatic nitrogens is 1. The number of nitrogens with zero attached hydrogens (tertiary/aromatic N) is 1. The van der Waals surface area contributed by atoms with Crippen molar-refractivity contribution in [3.8, 4) is 0 Å². The Morgan fingerprint density at radius 1 is 1.15 bits per heavy atom. The average molecular weight is 365 g/mol. The van der Waals surface area contributed by atoms with E-state index in [1.54, 1.807) is 6.07 Å². The summed E-state index contributed by atoms with van der Waals surface area (Å²) in [6.45, 7) is 3.37. The summed E-state index contributed by atoms with van der Waals surface area (Å²) in [5.74, 6) is 0.455. The largest absolute Gasteiger partial charge is 0.348 e. The van der Waals surface area contributed by atoms with Crippen molar-refractivity contribution < 1.29 is 9.59 Å². The molecule has 1 aromatic heterocycles. The van der Waals surface area contributed by atoms with E-state index < -0.39 is 0 Å². The van der Waals surface area contributed by atoms with Crippen LogP contribution in [0.5, 0.6) is 0 Å². The summed E-state index contributed by atoms with van der Waals surface area (Å²) in [5, 5.41) is 6.13. The van der Waals surface area contributed by atoms with Crippen LogP contribution >= 0.6 is 0 Å². The number of rotatable bonds is 6. The molecule has 27 heavy (non-hydrogen) atoms. The number of nitrogens with one attached hydrogen (secondary N) is 2. The van der Waals surface area contributed by atoms with Crippen molar-refractivity contribution in [3.05, 3.63) is 58.9 Å². The van der Waals surface area contributed by atoms with E-state index >= 15 is 0 Å². The highest BCUT2D eigenvalue weighted by atomic mass is 16.2. The van der Waals surface area contributed by atoms with Crippen LogP contribution in [0.3, 0.4) is 0 Å². The van der Waals surface area contributed by atoms with Crippen LogP contribution in [-0.2, 0) is 19.5 Å². The molecule has 1 fully saturated rings. The van der Waals surface area contributed by atoms with E-state index in [0.29, 0.717) is 23.7 Å². The Kier molecular flexibility index (Phi) is 5.01. The van der Waals surface area contributed by atoms with Gasteiger partial charge in [0.05, 0.1) is 5.56 Å². The van der Waals surface area contributed by atoms with Crippen LogP contribution in [0.15, 0.2) is 36.4 Å². The van der Waals surface area contributed by atoms with E-state index in [2.05, 4.69) is 22.1 Å². The lowest BCUT2D eigenvalue weighted by Gasteiger charge is -2.20. The summed E-state index contributed by atoms with van der Waals surface area (Å²) < 4.78 is 2.05. The number of amides is 2. The number of benzene rings is 1. The first-order valence-electron chi connectivity index (χ1n) is 9.99. The minimum atomic E-state index is -0.0983. The second kappa shape index (κ2) is 7.59. The van der Waals surface area contributed by atoms with Gasteiger partial charge in [-0.25, -0.2) is 0 Å². The molecule has 1 aliphatic carbocycles. The Morgan fingerprint density at radius 2 is 1.93 bits per heavy atom. The van der Waals surface area contributed by atoms with E-state index in [-0.39, 0.29) is 17.9 Å². The summed E-state index contributed by atoms with van der Waals surface area (Å²) >= 11 is 0. The molecule has 2 aromatic rings. The summed E-state index contributed by atoms with van der Waals surface area (Å²) in [7, 11) is 0. The van der Waals surface area contributed by atoms with E-state index in [1.165, 1.54) is 12.8 Å². The molecule has 5 heteroatoms. The predicted molar refractivity (Wildman–Crippen MR) is 105 cm³/mol. The Labute approximate surface area is 160 Å². The molecule has 2 amide bonds. The van der Waals surface area contributed by atoms with Gasteiger partial charge >= 0.3 is 0 Å². The third-order valence-corrected chi connectivity index (χ3v) is 5.71. The first kappa shape index (κ1) is 17.8. The monoisotopic (exact) mass is 365 g/mol. The molecule has 4 rings (SSSR count). The molecule has 0 unspecified atom stereocenters. The molecule has 1 atom stereocenters. The topological polar surface area (TPSA) is 63.1 Å². The Balaban J connectivity index is 1.52. The predicted octanol–water partition coefficient (Wildman–Crippen LogP) is 3.28. The minimum Gasteiger partial charge on any atom is -0.348 e. The van der Waals surface area contributed by atoms with Gasteiger partial charge in [0, 0.05) is 24.8 Å². The van der Waals surface area contributed by atoms with Crippen LogP contribution in [0, 0.1) is 5.92 Å². The molecule has 2 aliphatic rings. The van der Waals surface area contributed by atoms with E-state index in [0.717, 1.165) is 37.1 Å². The maximum atomic E-state index is 12.8. The first-order chi connectivity index (χ1) is 13.1. The van der Waals surface area contributed by atoms with Gasteiger partial charge in [-0.3, -0.25) is 9.59 Å². The summed E-state index contributed by atoms with van der Waals surface area (Å²) in [5.41, 5.74) is 3.34. The second-order valence-electron chi connectivity index (χ2n) is 7.77. The normalized spacial score (nSPS) is 17.1. The van der Waals surface area contributed by atoms with Crippen molar-refractivity contribution in [1.82, 2.24) is 15.2 Å². The van der Waals surface area contributed by atoms with E-state index in [4.69, 9.17) is 0 Å². The molecule has 5 nitrogen and oxygen atoms in total. The number of carbonyl (C=O) groups is 2. The average Bonchev–Trinajstić information content (AvgIpc) is 3.47. The Hall–Kier alpha value is -2.56. The van der Waals surface area contributed by atoms with Crippen LogP contribution in [0.1, 0.15) is 64.7 Å². The van der Waals surface area contributed by atoms with Crippen molar-refractivity contribution in [2.24, 2.45) is 5.92 Å². The Morgan fingerprint density at radius 3 is 2.67 bits per heavy atom. The lowest BCUT2D eigenvalue weighted by molar-refractivity contribution is 0.0923. The Bertz CT molecular complexity index is 837. The van der Waals surface area contributed by atoms with Gasteiger partial charge in [-0.2, -0.15) is 0 Å². The third-order valence-electron chi connectivity index (χ3n) is 5.71. The summed E-state index contributed by atoms with van der Waals surface area (Å²) in [6.07, 6.45) is 5.34. The lowest BCUT2D eigenvalue weighted by atomic mass is 10.1. The SMILES string of the molecule is C[C@@H](NC(=O)c1cc(C(=O)NCc2ccccc2)c2n1CCCC2)C1CC1. The molecule has 1 aliphatic heterocycles. The number of fused-ring (bicyclic) bond motifs is 1. The lowest BCUT2D eigenvalue weighted by Crippen LogP contribution is -2.35. The fourth-order valence-corrected chi connectivity index (χ4v) is 3.93. The zero-order valence-electron chi connectivity index (χ0n) is 15.8. The zero-order valence-corrected chi connectivity index (χ0v) is 15.8. The second-order valence-corrected chi connectivity index (χ2v) is 7.77.